The lowest BCUT2D eigenvalue weighted by molar-refractivity contribution is 0.100. The van der Waals surface area contributed by atoms with Crippen molar-refractivity contribution in [1.82, 2.24) is 9.97 Å². The van der Waals surface area contributed by atoms with Crippen LogP contribution in [0.1, 0.15) is 29.3 Å². The summed E-state index contributed by atoms with van der Waals surface area (Å²) in [6.07, 6.45) is 2.46. The number of rotatable bonds is 6. The molecule has 1 amide bonds. The van der Waals surface area contributed by atoms with E-state index in [0.29, 0.717) is 17.2 Å². The van der Waals surface area contributed by atoms with Crippen LogP contribution in [-0.4, -0.2) is 22.4 Å². The first-order chi connectivity index (χ1) is 10.1. The van der Waals surface area contributed by atoms with E-state index in [2.05, 4.69) is 22.2 Å². The quantitative estimate of drug-likeness (QED) is 0.851. The number of nitrogens with zero attached hydrogens (tertiary/aromatic N) is 2. The van der Waals surface area contributed by atoms with Crippen LogP contribution in [-0.2, 0) is 0 Å². The molecule has 2 rings (SSSR count). The Balaban J connectivity index is 2.17. The Morgan fingerprint density at radius 1 is 1.29 bits per heavy atom. The molecule has 1 aromatic carbocycles. The van der Waals surface area contributed by atoms with Crippen LogP contribution in [0.3, 0.4) is 0 Å². The molecule has 0 saturated carbocycles. The van der Waals surface area contributed by atoms with Gasteiger partial charge in [-0.05, 0) is 37.6 Å². The van der Waals surface area contributed by atoms with Gasteiger partial charge in [-0.25, -0.2) is 9.97 Å². The van der Waals surface area contributed by atoms with Gasteiger partial charge in [0.15, 0.2) is 0 Å². The number of nitrogens with one attached hydrogen (secondary N) is 1. The molecule has 0 bridgehead atoms. The number of nitrogens with two attached hydrogens (primary N) is 1. The average molecular weight is 286 g/mol. The van der Waals surface area contributed by atoms with Gasteiger partial charge in [0, 0.05) is 12.1 Å². The van der Waals surface area contributed by atoms with Crippen LogP contribution in [0.5, 0.6) is 11.6 Å². The highest BCUT2D eigenvalue weighted by atomic mass is 16.5. The van der Waals surface area contributed by atoms with E-state index in [1.54, 1.807) is 24.3 Å². The molecule has 1 aromatic heterocycles. The molecule has 0 aliphatic rings. The second-order valence-electron chi connectivity index (χ2n) is 4.57. The number of primary amides is 1. The van der Waals surface area contributed by atoms with Crippen LogP contribution in [0.4, 0.5) is 5.82 Å². The van der Waals surface area contributed by atoms with Crippen LogP contribution in [0.2, 0.25) is 0 Å². The van der Waals surface area contributed by atoms with E-state index in [1.165, 1.54) is 6.33 Å². The standard InChI is InChI=1S/C15H18N4O2/c1-3-8-17-14-10(2)15(19-9-18-14)21-12-6-4-11(5-7-12)13(16)20/h4-7,9H,3,8H2,1-2H3,(H2,16,20)(H,17,18,19). The summed E-state index contributed by atoms with van der Waals surface area (Å²) in [5, 5.41) is 3.22. The van der Waals surface area contributed by atoms with E-state index in [0.717, 1.165) is 24.3 Å². The second-order valence-corrected chi connectivity index (χ2v) is 4.57. The summed E-state index contributed by atoms with van der Waals surface area (Å²) in [6, 6.07) is 6.59. The molecule has 0 spiro atoms. The molecule has 0 aliphatic heterocycles. The smallest absolute Gasteiger partial charge is 0.248 e. The highest BCUT2D eigenvalue weighted by Gasteiger charge is 2.09. The van der Waals surface area contributed by atoms with Crippen molar-refractivity contribution < 1.29 is 9.53 Å². The van der Waals surface area contributed by atoms with Crippen molar-refractivity contribution in [2.45, 2.75) is 20.3 Å². The minimum atomic E-state index is -0.467. The summed E-state index contributed by atoms with van der Waals surface area (Å²) >= 11 is 0. The predicted octanol–water partition coefficient (Wildman–Crippen LogP) is 2.50. The third-order valence-corrected chi connectivity index (χ3v) is 2.93. The topological polar surface area (TPSA) is 90.1 Å². The van der Waals surface area contributed by atoms with E-state index < -0.39 is 5.91 Å². The molecule has 21 heavy (non-hydrogen) atoms. The summed E-state index contributed by atoms with van der Waals surface area (Å²) in [6.45, 7) is 4.82. The van der Waals surface area contributed by atoms with Crippen LogP contribution < -0.4 is 15.8 Å². The first-order valence-electron chi connectivity index (χ1n) is 6.75. The number of hydrogen-bond acceptors (Lipinski definition) is 5. The lowest BCUT2D eigenvalue weighted by Crippen LogP contribution is -2.10. The average Bonchev–Trinajstić information content (AvgIpc) is 2.49. The third-order valence-electron chi connectivity index (χ3n) is 2.93. The molecule has 0 fully saturated rings. The van der Waals surface area contributed by atoms with E-state index in [1.807, 2.05) is 6.92 Å². The molecule has 6 nitrogen and oxygen atoms in total. The van der Waals surface area contributed by atoms with Gasteiger partial charge >= 0.3 is 0 Å². The van der Waals surface area contributed by atoms with Crippen molar-refractivity contribution in [3.8, 4) is 11.6 Å². The number of aromatic nitrogens is 2. The number of amides is 1. The molecule has 2 aromatic rings. The third kappa shape index (κ3) is 3.68. The molecule has 0 atom stereocenters. The number of benzene rings is 1. The minimum absolute atomic E-state index is 0.437. The molecule has 110 valence electrons. The van der Waals surface area contributed by atoms with Crippen molar-refractivity contribution >= 4 is 11.7 Å². The first-order valence-corrected chi connectivity index (χ1v) is 6.75. The fourth-order valence-electron chi connectivity index (χ4n) is 1.76. The van der Waals surface area contributed by atoms with Crippen molar-refractivity contribution in [3.63, 3.8) is 0 Å². The molecule has 6 heteroatoms. The zero-order chi connectivity index (χ0) is 15.2. The van der Waals surface area contributed by atoms with Gasteiger partial charge in [-0.1, -0.05) is 6.92 Å². The minimum Gasteiger partial charge on any atom is -0.439 e. The molecule has 1 heterocycles. The van der Waals surface area contributed by atoms with E-state index in [-0.39, 0.29) is 0 Å². The van der Waals surface area contributed by atoms with Gasteiger partial charge in [-0.3, -0.25) is 4.79 Å². The Labute approximate surface area is 123 Å². The molecule has 3 N–H and O–H groups in total. The highest BCUT2D eigenvalue weighted by molar-refractivity contribution is 5.92. The van der Waals surface area contributed by atoms with Gasteiger partial charge in [0.1, 0.15) is 17.9 Å². The first kappa shape index (κ1) is 14.8. The van der Waals surface area contributed by atoms with Crippen LogP contribution in [0, 0.1) is 6.92 Å². The van der Waals surface area contributed by atoms with Crippen molar-refractivity contribution in [2.24, 2.45) is 5.73 Å². The Hall–Kier alpha value is -2.63. The lowest BCUT2D eigenvalue weighted by Gasteiger charge is -2.11. The molecular formula is C15H18N4O2. The summed E-state index contributed by atoms with van der Waals surface area (Å²) in [5.41, 5.74) is 6.47. The predicted molar refractivity (Wildman–Crippen MR) is 80.6 cm³/mol. The van der Waals surface area contributed by atoms with Crippen molar-refractivity contribution in [2.75, 3.05) is 11.9 Å². The number of hydrogen-bond donors (Lipinski definition) is 2. The SMILES string of the molecule is CCCNc1ncnc(Oc2ccc(C(N)=O)cc2)c1C. The van der Waals surface area contributed by atoms with Gasteiger partial charge < -0.3 is 15.8 Å². The Kier molecular flexibility index (Phi) is 4.71. The monoisotopic (exact) mass is 286 g/mol. The number of carbonyl (C=O) groups is 1. The number of anilines is 1. The molecule has 0 radical (unpaired) electrons. The molecule has 0 aliphatic carbocycles. The van der Waals surface area contributed by atoms with Crippen LogP contribution in [0.25, 0.3) is 0 Å². The van der Waals surface area contributed by atoms with Crippen LogP contribution >= 0.6 is 0 Å². The summed E-state index contributed by atoms with van der Waals surface area (Å²) in [7, 11) is 0. The van der Waals surface area contributed by atoms with Crippen LogP contribution in [0.15, 0.2) is 30.6 Å². The van der Waals surface area contributed by atoms with Gasteiger partial charge in [-0.15, -0.1) is 0 Å². The van der Waals surface area contributed by atoms with Gasteiger partial charge in [0.2, 0.25) is 11.8 Å². The lowest BCUT2D eigenvalue weighted by atomic mass is 10.2. The normalized spacial score (nSPS) is 10.2. The second kappa shape index (κ2) is 6.69. The number of ether oxygens (including phenoxy) is 1. The Morgan fingerprint density at radius 2 is 2.00 bits per heavy atom. The summed E-state index contributed by atoms with van der Waals surface area (Å²) in [5.74, 6) is 1.36. The fraction of sp³-hybridized carbons (Fsp3) is 0.267. The molecular weight excluding hydrogens is 268 g/mol. The summed E-state index contributed by atoms with van der Waals surface area (Å²) < 4.78 is 5.72. The van der Waals surface area contributed by atoms with Crippen molar-refractivity contribution in [3.05, 3.63) is 41.7 Å². The van der Waals surface area contributed by atoms with Gasteiger partial charge in [0.05, 0.1) is 5.56 Å². The molecule has 0 unspecified atom stereocenters. The summed E-state index contributed by atoms with van der Waals surface area (Å²) in [4.78, 5) is 19.3. The van der Waals surface area contributed by atoms with Gasteiger partial charge in [-0.2, -0.15) is 0 Å². The van der Waals surface area contributed by atoms with E-state index in [9.17, 15) is 4.79 Å². The maximum absolute atomic E-state index is 11.0. The maximum Gasteiger partial charge on any atom is 0.248 e. The van der Waals surface area contributed by atoms with E-state index >= 15 is 0 Å². The number of carbonyl (C=O) groups excluding carboxylic acids is 1. The Bertz CT molecular complexity index is 626. The van der Waals surface area contributed by atoms with E-state index in [4.69, 9.17) is 10.5 Å². The fourth-order valence-corrected chi connectivity index (χ4v) is 1.76. The van der Waals surface area contributed by atoms with Gasteiger partial charge in [0.25, 0.3) is 0 Å². The highest BCUT2D eigenvalue weighted by Crippen LogP contribution is 2.26. The zero-order valence-corrected chi connectivity index (χ0v) is 12.1. The van der Waals surface area contributed by atoms with Crippen molar-refractivity contribution in [1.29, 1.82) is 0 Å². The Morgan fingerprint density at radius 3 is 2.62 bits per heavy atom. The molecule has 0 saturated heterocycles. The largest absolute Gasteiger partial charge is 0.439 e. The maximum atomic E-state index is 11.0. The zero-order valence-electron chi connectivity index (χ0n) is 12.1.